The molecular formula is C98H114. The Morgan fingerprint density at radius 2 is 0.510 bits per heavy atom. The molecule has 0 bridgehead atoms. The van der Waals surface area contributed by atoms with E-state index >= 15 is 0 Å². The normalized spacial score (nSPS) is 8.43. The maximum atomic E-state index is 5.53. The Balaban J connectivity index is -0.00000105. The molecule has 0 amide bonds. The molecule has 11 aromatic rings. The van der Waals surface area contributed by atoms with Crippen LogP contribution in [-0.2, 0) is 0 Å². The van der Waals surface area contributed by atoms with E-state index in [4.69, 9.17) is 25.7 Å². The topological polar surface area (TPSA) is 0 Å². The number of rotatable bonds is 0. The van der Waals surface area contributed by atoms with Gasteiger partial charge in [-0.05, 0) is 132 Å². The predicted octanol–water partition coefficient (Wildman–Crippen LogP) is 27.7. The molecule has 0 atom stereocenters. The Morgan fingerprint density at radius 3 is 0.878 bits per heavy atom. The van der Waals surface area contributed by atoms with Gasteiger partial charge in [-0.25, -0.2) is 0 Å². The molecule has 0 aromatic heterocycles. The van der Waals surface area contributed by atoms with Gasteiger partial charge in [0.25, 0.3) is 0 Å². The quantitative estimate of drug-likeness (QED) is 0.133. The Kier molecular flexibility index (Phi) is 54.8. The summed E-state index contributed by atoms with van der Waals surface area (Å²) in [5.41, 5.74) is 9.87. The fraction of sp³-hybridized carbons (Fsp3) is 0.265. The van der Waals surface area contributed by atoms with Crippen molar-refractivity contribution < 1.29 is 0 Å². The van der Waals surface area contributed by atoms with Gasteiger partial charge in [0.1, 0.15) is 0 Å². The Morgan fingerprint density at radius 1 is 0.235 bits per heavy atom. The van der Waals surface area contributed by atoms with Crippen molar-refractivity contribution in [3.8, 4) is 96.7 Å². The summed E-state index contributed by atoms with van der Waals surface area (Å²) in [6.07, 6.45) is 29.2. The minimum absolute atomic E-state index is 0. The number of aryl methyl sites for hydroxylation is 2. The van der Waals surface area contributed by atoms with E-state index in [0.717, 1.165) is 66.1 Å². The van der Waals surface area contributed by atoms with Crippen LogP contribution in [0, 0.1) is 111 Å². The molecule has 506 valence electrons. The van der Waals surface area contributed by atoms with Crippen molar-refractivity contribution >= 4 is 53.9 Å². The monoisotopic (exact) mass is 1290 g/mol. The Bertz CT molecular complexity index is 4330. The van der Waals surface area contributed by atoms with Crippen molar-refractivity contribution in [2.75, 3.05) is 0 Å². The lowest BCUT2D eigenvalue weighted by Gasteiger charge is -2.03. The first-order valence-electron chi connectivity index (χ1n) is 33.8. The first-order chi connectivity index (χ1) is 46.7. The highest BCUT2D eigenvalue weighted by Crippen LogP contribution is 2.24. The molecule has 11 rings (SSSR count). The van der Waals surface area contributed by atoms with Crippen molar-refractivity contribution in [1.82, 2.24) is 0 Å². The van der Waals surface area contributed by atoms with Crippen molar-refractivity contribution in [1.29, 1.82) is 0 Å². The number of hydrogen-bond donors (Lipinski definition) is 0. The van der Waals surface area contributed by atoms with Gasteiger partial charge in [-0.2, -0.15) is 0 Å². The summed E-state index contributed by atoms with van der Waals surface area (Å²) in [7, 11) is 0. The Hall–Kier alpha value is -10.8. The van der Waals surface area contributed by atoms with Gasteiger partial charge in [-0.1, -0.05) is 377 Å². The third-order valence-electron chi connectivity index (χ3n) is 12.1. The highest BCUT2D eigenvalue weighted by Gasteiger charge is 2.05. The highest BCUT2D eigenvalue weighted by atomic mass is 14.1. The number of terminal acetylenes is 4. The zero-order valence-electron chi connectivity index (χ0n) is 61.3. The van der Waals surface area contributed by atoms with Crippen LogP contribution >= 0.6 is 0 Å². The second-order valence-corrected chi connectivity index (χ2v) is 21.7. The maximum Gasteiger partial charge on any atom is 0.0480 e. The average Bonchev–Trinajstić information content (AvgIpc) is 0.810. The zero-order valence-corrected chi connectivity index (χ0v) is 61.3. The molecule has 0 spiro atoms. The van der Waals surface area contributed by atoms with E-state index in [9.17, 15) is 0 Å². The highest BCUT2D eigenvalue weighted by molar-refractivity contribution is 5.92. The van der Waals surface area contributed by atoms with Gasteiger partial charge in [0.2, 0.25) is 0 Å². The summed E-state index contributed by atoms with van der Waals surface area (Å²) in [6, 6.07) is 73.9. The minimum Gasteiger partial charge on any atom is -0.115 e. The van der Waals surface area contributed by atoms with Gasteiger partial charge >= 0.3 is 0 Å². The molecule has 0 heteroatoms. The van der Waals surface area contributed by atoms with Crippen LogP contribution in [0.3, 0.4) is 0 Å². The van der Waals surface area contributed by atoms with Crippen molar-refractivity contribution in [3.05, 3.63) is 274 Å². The average molecular weight is 1290 g/mol. The number of fused-ring (bicyclic) bond motifs is 5. The van der Waals surface area contributed by atoms with Gasteiger partial charge in [-0.15, -0.1) is 49.4 Å². The molecule has 0 unspecified atom stereocenters. The summed E-state index contributed by atoms with van der Waals surface area (Å²) in [4.78, 5) is 0. The smallest absolute Gasteiger partial charge is 0.0480 e. The summed E-state index contributed by atoms with van der Waals surface area (Å²) < 4.78 is 0. The summed E-state index contributed by atoms with van der Waals surface area (Å²) in [6.45, 7) is 37.0. The summed E-state index contributed by atoms with van der Waals surface area (Å²) in [5.74, 6) is 34.2. The van der Waals surface area contributed by atoms with Crippen LogP contribution in [0.1, 0.15) is 220 Å². The van der Waals surface area contributed by atoms with Crippen LogP contribution in [-0.4, -0.2) is 0 Å². The van der Waals surface area contributed by atoms with Crippen LogP contribution in [0.15, 0.2) is 218 Å². The lowest BCUT2D eigenvalue weighted by molar-refractivity contribution is 1.09. The largest absolute Gasteiger partial charge is 0.115 e. The van der Waals surface area contributed by atoms with E-state index in [0.29, 0.717) is 0 Å². The fourth-order valence-corrected chi connectivity index (χ4v) is 8.39. The van der Waals surface area contributed by atoms with E-state index in [1.165, 1.54) is 82.0 Å². The third kappa shape index (κ3) is 35.1. The molecule has 0 aliphatic rings. The van der Waals surface area contributed by atoms with Gasteiger partial charge in [-0.3, -0.25) is 0 Å². The SMILES string of the molecule is C.C.C#Cc1c(C#CC)ccc2ccccc12.C#Cc1cc2ccccc2cc1C#CC.C#Cc1ccc2ccccc2c1C#CC.C#Cc1ccccc1C#CC.CCC.CCC.CCC.CCC.CCC.CCC.Cc1ccc2ccccc2c1.Cc1ccc2ccccc2c1. The van der Waals surface area contributed by atoms with Crippen molar-refractivity contribution in [2.45, 2.75) is 178 Å². The molecule has 0 N–H and O–H groups in total. The fourth-order valence-electron chi connectivity index (χ4n) is 8.39. The van der Waals surface area contributed by atoms with Gasteiger partial charge in [0.15, 0.2) is 0 Å². The van der Waals surface area contributed by atoms with Gasteiger partial charge < -0.3 is 0 Å². The zero-order chi connectivity index (χ0) is 71.7. The van der Waals surface area contributed by atoms with Crippen LogP contribution in [0.25, 0.3) is 53.9 Å². The maximum absolute atomic E-state index is 5.53. The first-order valence-corrected chi connectivity index (χ1v) is 33.8. The minimum atomic E-state index is 0. The molecule has 0 saturated heterocycles. The molecule has 0 saturated carbocycles. The van der Waals surface area contributed by atoms with Gasteiger partial charge in [0, 0.05) is 44.5 Å². The van der Waals surface area contributed by atoms with E-state index in [-0.39, 0.29) is 14.9 Å². The van der Waals surface area contributed by atoms with Crippen LogP contribution in [0.2, 0.25) is 0 Å². The Labute approximate surface area is 599 Å². The van der Waals surface area contributed by atoms with E-state index < -0.39 is 0 Å². The second kappa shape index (κ2) is 58.8. The molecule has 0 aliphatic heterocycles. The molecular weight excluding hydrogens is 1180 g/mol. The second-order valence-electron chi connectivity index (χ2n) is 21.7. The molecule has 0 aliphatic carbocycles. The first kappa shape index (κ1) is 91.4. The molecule has 0 radical (unpaired) electrons. The van der Waals surface area contributed by atoms with E-state index in [1.54, 1.807) is 6.92 Å². The van der Waals surface area contributed by atoms with E-state index in [2.05, 4.69) is 289 Å². The molecule has 0 heterocycles. The molecule has 0 fully saturated rings. The number of hydrogen-bond acceptors (Lipinski definition) is 0. The van der Waals surface area contributed by atoms with Crippen LogP contribution in [0.4, 0.5) is 0 Å². The van der Waals surface area contributed by atoms with Crippen molar-refractivity contribution in [3.63, 3.8) is 0 Å². The molecule has 0 nitrogen and oxygen atoms in total. The molecule has 11 aromatic carbocycles. The summed E-state index contributed by atoms with van der Waals surface area (Å²) >= 11 is 0. The third-order valence-corrected chi connectivity index (χ3v) is 12.1. The molecule has 98 heavy (non-hydrogen) atoms. The lowest BCUT2D eigenvalue weighted by atomic mass is 10.00. The lowest BCUT2D eigenvalue weighted by Crippen LogP contribution is -1.85. The van der Waals surface area contributed by atoms with Crippen molar-refractivity contribution in [2.24, 2.45) is 0 Å². The predicted molar refractivity (Wildman–Crippen MR) is 447 cm³/mol. The standard InChI is InChI=1S/3C15H10.2C11H10.C11H8.6C3H8.2CH4/c1-3-7-13-11-15-9-6-5-8-14(15)10-12(13)4-2;1-3-7-12-10-11-13-8-5-6-9-15(13)14(12)4-2;1-3-7-14-12(4-2)10-11-13-8-5-6-9-15(13)14;2*1-9-6-7-10-4-2-3-5-11(10)8-9;1-3-7-11-9-6-5-8-10(11)4-2;6*1-3-2;;/h3*2,5-6,8-11H,1H3;2*2-8H,1H3;2,5-6,8-9H,1H3;6*3H2,1-2H3;2*1H4. The number of benzene rings is 11. The van der Waals surface area contributed by atoms with Gasteiger partial charge in [0.05, 0.1) is 0 Å². The van der Waals surface area contributed by atoms with E-state index in [1.807, 2.05) is 118 Å². The summed E-state index contributed by atoms with van der Waals surface area (Å²) in [5, 5.41) is 12.2. The van der Waals surface area contributed by atoms with Crippen LogP contribution < -0.4 is 0 Å². The van der Waals surface area contributed by atoms with Crippen LogP contribution in [0.5, 0.6) is 0 Å².